The average Bonchev–Trinajstić information content (AvgIpc) is 2.38. The minimum Gasteiger partial charge on any atom is -0.493 e. The van der Waals surface area contributed by atoms with Crippen molar-refractivity contribution in [2.24, 2.45) is 0 Å². The van der Waals surface area contributed by atoms with Gasteiger partial charge >= 0.3 is 6.09 Å². The summed E-state index contributed by atoms with van der Waals surface area (Å²) in [5, 5.41) is 2.71. The summed E-state index contributed by atoms with van der Waals surface area (Å²) < 4.78 is 10.6. The predicted molar refractivity (Wildman–Crippen MR) is 82.2 cm³/mol. The molecule has 0 saturated carbocycles. The molecule has 0 aliphatic heterocycles. The summed E-state index contributed by atoms with van der Waals surface area (Å²) in [6.07, 6.45) is 4.39. The zero-order valence-corrected chi connectivity index (χ0v) is 12.6. The van der Waals surface area contributed by atoms with E-state index in [9.17, 15) is 4.79 Å². The Hall–Kier alpha value is -1.97. The Morgan fingerprint density at radius 1 is 1.35 bits per heavy atom. The summed E-state index contributed by atoms with van der Waals surface area (Å²) in [6, 6.07) is 5.53. The van der Waals surface area contributed by atoms with Gasteiger partial charge in [-0.15, -0.1) is 0 Å². The van der Waals surface area contributed by atoms with Crippen LogP contribution in [0.3, 0.4) is 0 Å². The zero-order valence-electron chi connectivity index (χ0n) is 12.6. The van der Waals surface area contributed by atoms with Gasteiger partial charge in [-0.05, 0) is 45.4 Å². The highest BCUT2D eigenvalue weighted by Gasteiger charge is 2.08. The molecule has 1 aromatic rings. The summed E-state index contributed by atoms with van der Waals surface area (Å²) >= 11 is 0. The summed E-state index contributed by atoms with van der Waals surface area (Å²) in [6.45, 7) is 8.24. The molecule has 1 rings (SSSR count). The molecule has 110 valence electrons. The van der Waals surface area contributed by atoms with Crippen molar-refractivity contribution < 1.29 is 14.3 Å². The maximum atomic E-state index is 11.6. The van der Waals surface area contributed by atoms with E-state index >= 15 is 0 Å². The van der Waals surface area contributed by atoms with E-state index in [-0.39, 0.29) is 6.10 Å². The van der Waals surface area contributed by atoms with Crippen LogP contribution in [0.25, 0.3) is 6.08 Å². The highest BCUT2D eigenvalue weighted by Crippen LogP contribution is 2.24. The lowest BCUT2D eigenvalue weighted by atomic mass is 10.1. The third kappa shape index (κ3) is 5.34. The SMILES string of the molecule is CC/C=C/c1cc(NC(=O)OC(C)C)ccc1OCC. The van der Waals surface area contributed by atoms with Crippen LogP contribution < -0.4 is 10.1 Å². The van der Waals surface area contributed by atoms with Gasteiger partial charge in [0.2, 0.25) is 0 Å². The number of carbonyl (C=O) groups is 1. The standard InChI is InChI=1S/C16H23NO3/c1-5-7-8-13-11-14(9-10-15(13)19-6-2)17-16(18)20-12(3)4/h7-12H,5-6H2,1-4H3,(H,17,18)/b8-7+. The Morgan fingerprint density at radius 3 is 2.70 bits per heavy atom. The van der Waals surface area contributed by atoms with Crippen LogP contribution in [-0.4, -0.2) is 18.8 Å². The number of nitrogens with one attached hydrogen (secondary N) is 1. The lowest BCUT2D eigenvalue weighted by Crippen LogP contribution is -2.18. The Labute approximate surface area is 120 Å². The fraction of sp³-hybridized carbons (Fsp3) is 0.438. The summed E-state index contributed by atoms with van der Waals surface area (Å²) in [5.41, 5.74) is 1.63. The summed E-state index contributed by atoms with van der Waals surface area (Å²) in [4.78, 5) is 11.6. The van der Waals surface area contributed by atoms with Gasteiger partial charge in [0.05, 0.1) is 12.7 Å². The Balaban J connectivity index is 2.88. The fourth-order valence-corrected chi connectivity index (χ4v) is 1.65. The minimum absolute atomic E-state index is 0.142. The topological polar surface area (TPSA) is 47.6 Å². The Kier molecular flexibility index (Phi) is 6.64. The molecule has 4 heteroatoms. The van der Waals surface area contributed by atoms with E-state index in [4.69, 9.17) is 9.47 Å². The number of hydrogen-bond donors (Lipinski definition) is 1. The van der Waals surface area contributed by atoms with Crippen molar-refractivity contribution in [2.75, 3.05) is 11.9 Å². The first-order valence-corrected chi connectivity index (χ1v) is 6.97. The average molecular weight is 277 g/mol. The monoisotopic (exact) mass is 277 g/mol. The van der Waals surface area contributed by atoms with Crippen molar-refractivity contribution in [1.29, 1.82) is 0 Å². The first kappa shape index (κ1) is 16.1. The molecule has 0 bridgehead atoms. The molecule has 0 aromatic heterocycles. The van der Waals surface area contributed by atoms with E-state index in [1.165, 1.54) is 0 Å². The number of ether oxygens (including phenoxy) is 2. The molecule has 0 heterocycles. The van der Waals surface area contributed by atoms with Crippen LogP contribution >= 0.6 is 0 Å². The predicted octanol–water partition coefficient (Wildman–Crippen LogP) is 4.47. The second kappa shape index (κ2) is 8.25. The number of allylic oxidation sites excluding steroid dienone is 1. The maximum absolute atomic E-state index is 11.6. The van der Waals surface area contributed by atoms with Crippen molar-refractivity contribution in [3.8, 4) is 5.75 Å². The Morgan fingerprint density at radius 2 is 2.10 bits per heavy atom. The van der Waals surface area contributed by atoms with Crippen LogP contribution in [0, 0.1) is 0 Å². The van der Waals surface area contributed by atoms with Crippen molar-refractivity contribution in [3.63, 3.8) is 0 Å². The van der Waals surface area contributed by atoms with E-state index in [1.807, 2.05) is 45.1 Å². The molecule has 0 radical (unpaired) electrons. The number of amides is 1. The van der Waals surface area contributed by atoms with Crippen molar-refractivity contribution in [1.82, 2.24) is 0 Å². The van der Waals surface area contributed by atoms with Gasteiger partial charge in [-0.2, -0.15) is 0 Å². The molecular formula is C16H23NO3. The molecule has 1 N–H and O–H groups in total. The third-order valence-corrected chi connectivity index (χ3v) is 2.43. The van der Waals surface area contributed by atoms with Gasteiger partial charge < -0.3 is 9.47 Å². The normalized spacial score (nSPS) is 10.8. The molecule has 0 aliphatic carbocycles. The van der Waals surface area contributed by atoms with Crippen LogP contribution in [0.15, 0.2) is 24.3 Å². The largest absolute Gasteiger partial charge is 0.493 e. The molecule has 1 aromatic carbocycles. The highest BCUT2D eigenvalue weighted by molar-refractivity contribution is 5.85. The molecule has 0 aliphatic rings. The van der Waals surface area contributed by atoms with Gasteiger partial charge in [-0.1, -0.05) is 19.1 Å². The Bertz CT molecular complexity index is 467. The molecule has 1 amide bonds. The van der Waals surface area contributed by atoms with Crippen molar-refractivity contribution in [2.45, 2.75) is 40.2 Å². The lowest BCUT2D eigenvalue weighted by Gasteiger charge is -2.12. The quantitative estimate of drug-likeness (QED) is 0.834. The van der Waals surface area contributed by atoms with E-state index in [1.54, 1.807) is 6.07 Å². The van der Waals surface area contributed by atoms with Gasteiger partial charge in [0.1, 0.15) is 5.75 Å². The van der Waals surface area contributed by atoms with E-state index in [0.717, 1.165) is 17.7 Å². The first-order valence-electron chi connectivity index (χ1n) is 6.97. The molecule has 0 atom stereocenters. The molecule has 0 saturated heterocycles. The summed E-state index contributed by atoms with van der Waals surface area (Å²) in [5.74, 6) is 0.806. The smallest absolute Gasteiger partial charge is 0.411 e. The molecule has 0 fully saturated rings. The third-order valence-electron chi connectivity index (χ3n) is 2.43. The van der Waals surface area contributed by atoms with Gasteiger partial charge in [0.25, 0.3) is 0 Å². The highest BCUT2D eigenvalue weighted by atomic mass is 16.6. The fourth-order valence-electron chi connectivity index (χ4n) is 1.65. The number of benzene rings is 1. The van der Waals surface area contributed by atoms with Gasteiger partial charge in [-0.25, -0.2) is 4.79 Å². The molecular weight excluding hydrogens is 254 g/mol. The van der Waals surface area contributed by atoms with Gasteiger partial charge in [0.15, 0.2) is 0 Å². The number of carbonyl (C=O) groups excluding carboxylic acids is 1. The van der Waals surface area contributed by atoms with E-state index < -0.39 is 6.09 Å². The molecule has 0 unspecified atom stereocenters. The number of anilines is 1. The molecule has 0 spiro atoms. The van der Waals surface area contributed by atoms with Gasteiger partial charge in [0, 0.05) is 11.3 Å². The zero-order chi connectivity index (χ0) is 15.0. The van der Waals surface area contributed by atoms with Crippen molar-refractivity contribution >= 4 is 17.9 Å². The van der Waals surface area contributed by atoms with Crippen LogP contribution in [0.2, 0.25) is 0 Å². The molecule has 4 nitrogen and oxygen atoms in total. The second-order valence-electron chi connectivity index (χ2n) is 4.58. The van der Waals surface area contributed by atoms with E-state index in [2.05, 4.69) is 12.2 Å². The molecule has 20 heavy (non-hydrogen) atoms. The van der Waals surface area contributed by atoms with Crippen molar-refractivity contribution in [3.05, 3.63) is 29.8 Å². The van der Waals surface area contributed by atoms with Crippen LogP contribution in [0.5, 0.6) is 5.75 Å². The summed E-state index contributed by atoms with van der Waals surface area (Å²) in [7, 11) is 0. The minimum atomic E-state index is -0.449. The van der Waals surface area contributed by atoms with Crippen LogP contribution in [0.4, 0.5) is 10.5 Å². The second-order valence-corrected chi connectivity index (χ2v) is 4.58. The van der Waals surface area contributed by atoms with Gasteiger partial charge in [-0.3, -0.25) is 5.32 Å². The maximum Gasteiger partial charge on any atom is 0.411 e. The first-order chi connectivity index (χ1) is 9.56. The van der Waals surface area contributed by atoms with Crippen LogP contribution in [-0.2, 0) is 4.74 Å². The van der Waals surface area contributed by atoms with E-state index in [0.29, 0.717) is 12.3 Å². The number of rotatable bonds is 6. The lowest BCUT2D eigenvalue weighted by molar-refractivity contribution is 0.130. The van der Waals surface area contributed by atoms with Crippen LogP contribution in [0.1, 0.15) is 39.7 Å². The number of hydrogen-bond acceptors (Lipinski definition) is 3.